The first-order chi connectivity index (χ1) is 5.72. The predicted molar refractivity (Wildman–Crippen MR) is 59.7 cm³/mol. The fourth-order valence-corrected chi connectivity index (χ4v) is 2.76. The Hall–Kier alpha value is 0.119. The van der Waals surface area contributed by atoms with Gasteiger partial charge >= 0.3 is 89.6 Å². The second kappa shape index (κ2) is 4.98. The maximum absolute atomic E-state index is 5.76. The molecule has 64 valence electrons. The van der Waals surface area contributed by atoms with Gasteiger partial charge in [-0.05, 0) is 0 Å². The van der Waals surface area contributed by atoms with E-state index in [1.54, 1.807) is 0 Å². The van der Waals surface area contributed by atoms with Crippen LogP contribution in [0.1, 0.15) is 13.3 Å². The van der Waals surface area contributed by atoms with Crippen molar-refractivity contribution in [3.8, 4) is 0 Å². The van der Waals surface area contributed by atoms with Crippen LogP contribution in [0.4, 0.5) is 0 Å². The summed E-state index contributed by atoms with van der Waals surface area (Å²) in [5, 5.41) is 0.789. The Morgan fingerprint density at radius 3 is 2.50 bits per heavy atom. The number of rotatable bonds is 3. The van der Waals surface area contributed by atoms with E-state index in [-0.39, 0.29) is 0 Å². The molecule has 0 spiro atoms. The molecule has 0 fully saturated rings. The van der Waals surface area contributed by atoms with Crippen molar-refractivity contribution in [2.45, 2.75) is 13.3 Å². The molecule has 0 aliphatic rings. The fraction of sp³-hybridized carbons (Fsp3) is 0.222. The van der Waals surface area contributed by atoms with Crippen molar-refractivity contribution in [2.24, 2.45) is 0 Å². The third-order valence-electron chi connectivity index (χ3n) is 1.33. The minimum atomic E-state index is 0.342. The summed E-state index contributed by atoms with van der Waals surface area (Å²) in [4.78, 5) is 0. The molecule has 12 heavy (non-hydrogen) atoms. The predicted octanol–water partition coefficient (Wildman–Crippen LogP) is 2.41. The first-order valence-corrected chi connectivity index (χ1v) is 6.18. The number of benzene rings is 1. The number of hydrogen-bond acceptors (Lipinski definition) is 1. The molecule has 0 aliphatic heterocycles. The molecule has 1 aromatic carbocycles. The quantitative estimate of drug-likeness (QED) is 0.596. The standard InChI is InChI=1S/C9H9ClSSe/c1-2-9(11)12-8-5-3-7(10)4-6-8/h3-6H,2H2,1H3. The topological polar surface area (TPSA) is 0 Å². The van der Waals surface area contributed by atoms with E-state index in [1.165, 1.54) is 4.46 Å². The molecule has 0 N–H and O–H groups in total. The van der Waals surface area contributed by atoms with Crippen LogP contribution >= 0.6 is 23.8 Å². The first-order valence-electron chi connectivity index (χ1n) is 3.68. The Morgan fingerprint density at radius 2 is 2.00 bits per heavy atom. The van der Waals surface area contributed by atoms with Crippen molar-refractivity contribution in [1.29, 1.82) is 0 Å². The number of halogens is 1. The van der Waals surface area contributed by atoms with E-state index >= 15 is 0 Å². The summed E-state index contributed by atoms with van der Waals surface area (Å²) >= 11 is 11.3. The van der Waals surface area contributed by atoms with Gasteiger partial charge in [0.15, 0.2) is 0 Å². The molecule has 0 nitrogen and oxygen atoms in total. The van der Waals surface area contributed by atoms with Crippen LogP contribution in [0.3, 0.4) is 0 Å². The summed E-state index contributed by atoms with van der Waals surface area (Å²) in [7, 11) is 0. The molecule has 0 amide bonds. The Morgan fingerprint density at radius 1 is 1.42 bits per heavy atom. The van der Waals surface area contributed by atoms with Gasteiger partial charge in [0.2, 0.25) is 0 Å². The van der Waals surface area contributed by atoms with Crippen molar-refractivity contribution >= 4 is 47.0 Å². The van der Waals surface area contributed by atoms with Gasteiger partial charge in [-0.2, -0.15) is 0 Å². The second-order valence-corrected chi connectivity index (χ2v) is 6.25. The molecule has 0 saturated heterocycles. The van der Waals surface area contributed by atoms with Gasteiger partial charge in [0.05, 0.1) is 0 Å². The Balaban J connectivity index is 2.64. The molecule has 0 saturated carbocycles. The van der Waals surface area contributed by atoms with Crippen LogP contribution in [0.25, 0.3) is 0 Å². The molecule has 1 aromatic rings. The van der Waals surface area contributed by atoms with E-state index < -0.39 is 0 Å². The van der Waals surface area contributed by atoms with Crippen LogP contribution in [-0.2, 0) is 0 Å². The normalized spacial score (nSPS) is 9.83. The Kier molecular flexibility index (Phi) is 4.23. The maximum atomic E-state index is 5.76. The molecule has 0 bridgehead atoms. The molecule has 0 aromatic heterocycles. The molecule has 0 atom stereocenters. The van der Waals surface area contributed by atoms with Crippen LogP contribution in [0.5, 0.6) is 0 Å². The van der Waals surface area contributed by atoms with Crippen LogP contribution in [0, 0.1) is 0 Å². The zero-order valence-corrected chi connectivity index (χ0v) is 10.00. The third-order valence-corrected chi connectivity index (χ3v) is 4.46. The molecule has 0 aliphatic carbocycles. The van der Waals surface area contributed by atoms with Gasteiger partial charge in [0.25, 0.3) is 0 Å². The minimum absolute atomic E-state index is 0.342. The Labute approximate surface area is 89.5 Å². The average Bonchev–Trinajstić information content (AvgIpc) is 2.09. The van der Waals surface area contributed by atoms with E-state index in [1.807, 2.05) is 24.3 Å². The van der Waals surface area contributed by atoms with E-state index in [0.29, 0.717) is 15.0 Å². The number of thiocarbonyl (C=S) groups is 1. The van der Waals surface area contributed by atoms with Gasteiger partial charge in [0.1, 0.15) is 0 Å². The summed E-state index contributed by atoms with van der Waals surface area (Å²) in [6.07, 6.45) is 0.998. The van der Waals surface area contributed by atoms with Gasteiger partial charge < -0.3 is 0 Å². The van der Waals surface area contributed by atoms with Crippen molar-refractivity contribution in [2.75, 3.05) is 0 Å². The van der Waals surface area contributed by atoms with Crippen molar-refractivity contribution in [1.82, 2.24) is 0 Å². The molecule has 1 rings (SSSR count). The Bertz CT molecular complexity index is 268. The van der Waals surface area contributed by atoms with Crippen LogP contribution in [0.2, 0.25) is 5.02 Å². The van der Waals surface area contributed by atoms with Crippen LogP contribution in [-0.4, -0.2) is 18.7 Å². The third kappa shape index (κ3) is 3.24. The van der Waals surface area contributed by atoms with Gasteiger partial charge in [-0.1, -0.05) is 0 Å². The molecule has 0 radical (unpaired) electrons. The zero-order valence-electron chi connectivity index (χ0n) is 6.71. The van der Waals surface area contributed by atoms with Crippen LogP contribution < -0.4 is 4.46 Å². The second-order valence-electron chi connectivity index (χ2n) is 2.28. The van der Waals surface area contributed by atoms with Crippen molar-refractivity contribution in [3.63, 3.8) is 0 Å². The molecule has 0 unspecified atom stereocenters. The monoisotopic (exact) mass is 264 g/mol. The summed E-state index contributed by atoms with van der Waals surface area (Å²) in [5.74, 6) is 0. The molecule has 3 heteroatoms. The van der Waals surface area contributed by atoms with Crippen LogP contribution in [0.15, 0.2) is 24.3 Å². The van der Waals surface area contributed by atoms with E-state index in [9.17, 15) is 0 Å². The summed E-state index contributed by atoms with van der Waals surface area (Å²) in [6, 6.07) is 7.92. The average molecular weight is 264 g/mol. The molecule has 0 heterocycles. The van der Waals surface area contributed by atoms with Gasteiger partial charge in [-0.3, -0.25) is 0 Å². The zero-order chi connectivity index (χ0) is 8.97. The molecular formula is C9H9ClSSe. The summed E-state index contributed by atoms with van der Waals surface area (Å²) < 4.78 is 2.46. The van der Waals surface area contributed by atoms with Gasteiger partial charge in [-0.15, -0.1) is 0 Å². The molecular weight excluding hydrogens is 255 g/mol. The van der Waals surface area contributed by atoms with Gasteiger partial charge in [-0.25, -0.2) is 0 Å². The summed E-state index contributed by atoms with van der Waals surface area (Å²) in [6.45, 7) is 2.10. The SMILES string of the molecule is CCC(=S)[Se]c1ccc(Cl)cc1. The van der Waals surface area contributed by atoms with E-state index in [4.69, 9.17) is 23.8 Å². The van der Waals surface area contributed by atoms with Crippen molar-refractivity contribution in [3.05, 3.63) is 29.3 Å². The van der Waals surface area contributed by atoms with E-state index in [2.05, 4.69) is 6.92 Å². The van der Waals surface area contributed by atoms with Gasteiger partial charge in [0, 0.05) is 0 Å². The van der Waals surface area contributed by atoms with E-state index in [0.717, 1.165) is 15.2 Å². The van der Waals surface area contributed by atoms with Crippen molar-refractivity contribution < 1.29 is 0 Å². The summed E-state index contributed by atoms with van der Waals surface area (Å²) in [5.41, 5.74) is 0. The first kappa shape index (κ1) is 10.2. The fourth-order valence-electron chi connectivity index (χ4n) is 0.706. The number of hydrogen-bond donors (Lipinski definition) is 0.